The highest BCUT2D eigenvalue weighted by Crippen LogP contribution is 2.21. The second-order valence-electron chi connectivity index (χ2n) is 6.97. The topological polar surface area (TPSA) is 87.5 Å². The maximum atomic E-state index is 12.4. The Bertz CT molecular complexity index is 759. The molecule has 7 heteroatoms. The maximum Gasteiger partial charge on any atom is 0.317 e. The van der Waals surface area contributed by atoms with Crippen molar-refractivity contribution in [1.29, 1.82) is 0 Å². The monoisotopic (exact) mass is 356 g/mol. The number of piperidine rings is 1. The molecule has 2 N–H and O–H groups in total. The van der Waals surface area contributed by atoms with Gasteiger partial charge in [0.1, 0.15) is 0 Å². The normalized spacial score (nSPS) is 20.0. The summed E-state index contributed by atoms with van der Waals surface area (Å²) in [6, 6.07) is 9.82. The van der Waals surface area contributed by atoms with E-state index in [1.54, 1.807) is 11.1 Å². The molecule has 138 valence electrons. The molecule has 0 spiro atoms. The number of carboxylic acid groups (broad SMARTS) is 1. The Morgan fingerprint density at radius 3 is 2.73 bits per heavy atom. The van der Waals surface area contributed by atoms with Crippen molar-refractivity contribution in [2.75, 3.05) is 13.1 Å². The van der Waals surface area contributed by atoms with Crippen molar-refractivity contribution in [3.63, 3.8) is 0 Å². The van der Waals surface area contributed by atoms with Gasteiger partial charge in [-0.05, 0) is 17.9 Å². The van der Waals surface area contributed by atoms with E-state index in [1.807, 2.05) is 48.1 Å². The molecule has 0 aliphatic carbocycles. The number of amides is 2. The van der Waals surface area contributed by atoms with Gasteiger partial charge in [-0.25, -0.2) is 4.79 Å². The van der Waals surface area contributed by atoms with Crippen LogP contribution in [0.5, 0.6) is 0 Å². The predicted octanol–water partition coefficient (Wildman–Crippen LogP) is 2.18. The lowest BCUT2D eigenvalue weighted by Crippen LogP contribution is -2.49. The van der Waals surface area contributed by atoms with Crippen molar-refractivity contribution in [1.82, 2.24) is 20.0 Å². The molecule has 2 aromatic rings. The van der Waals surface area contributed by atoms with Crippen LogP contribution >= 0.6 is 0 Å². The van der Waals surface area contributed by atoms with Gasteiger partial charge in [0.2, 0.25) is 0 Å². The molecule has 1 saturated heterocycles. The van der Waals surface area contributed by atoms with Crippen LogP contribution in [0.3, 0.4) is 0 Å². The van der Waals surface area contributed by atoms with E-state index < -0.39 is 11.9 Å². The molecule has 2 amide bonds. The van der Waals surface area contributed by atoms with Crippen LogP contribution in [-0.2, 0) is 17.9 Å². The van der Waals surface area contributed by atoms with Gasteiger partial charge in [0, 0.05) is 31.4 Å². The van der Waals surface area contributed by atoms with Crippen LogP contribution in [-0.4, -0.2) is 44.9 Å². The number of rotatable bonds is 5. The summed E-state index contributed by atoms with van der Waals surface area (Å²) in [5, 5.41) is 16.4. The number of carbonyl (C=O) groups is 2. The summed E-state index contributed by atoms with van der Waals surface area (Å²) >= 11 is 0. The maximum absolute atomic E-state index is 12.4. The zero-order chi connectivity index (χ0) is 18.5. The number of nitrogens with zero attached hydrogens (tertiary/aromatic N) is 3. The average Bonchev–Trinajstić information content (AvgIpc) is 3.07. The summed E-state index contributed by atoms with van der Waals surface area (Å²) in [6.45, 7) is 3.87. The number of carboxylic acids is 1. The Balaban J connectivity index is 1.52. The fourth-order valence-electron chi connectivity index (χ4n) is 3.34. The minimum absolute atomic E-state index is 0.184. The van der Waals surface area contributed by atoms with E-state index >= 15 is 0 Å². The molecule has 1 aromatic heterocycles. The molecule has 1 aromatic carbocycles. The Morgan fingerprint density at radius 2 is 2.00 bits per heavy atom. The van der Waals surface area contributed by atoms with Gasteiger partial charge in [-0.2, -0.15) is 5.10 Å². The van der Waals surface area contributed by atoms with Gasteiger partial charge >= 0.3 is 12.0 Å². The lowest BCUT2D eigenvalue weighted by molar-refractivity contribution is -0.143. The summed E-state index contributed by atoms with van der Waals surface area (Å²) < 4.78 is 1.83. The van der Waals surface area contributed by atoms with Gasteiger partial charge in [-0.1, -0.05) is 37.3 Å². The molecule has 0 radical (unpaired) electrons. The summed E-state index contributed by atoms with van der Waals surface area (Å²) in [6.07, 6.45) is 4.26. The van der Waals surface area contributed by atoms with Crippen LogP contribution < -0.4 is 5.32 Å². The number of nitrogens with one attached hydrogen (secondary N) is 1. The van der Waals surface area contributed by atoms with E-state index in [9.17, 15) is 14.7 Å². The second kappa shape index (κ2) is 8.03. The van der Waals surface area contributed by atoms with Gasteiger partial charge in [0.05, 0.1) is 18.7 Å². The van der Waals surface area contributed by atoms with Crippen LogP contribution in [0.15, 0.2) is 42.7 Å². The fraction of sp³-hybridized carbons (Fsp3) is 0.421. The highest BCUT2D eigenvalue weighted by molar-refractivity contribution is 5.76. The van der Waals surface area contributed by atoms with Crippen LogP contribution in [0.1, 0.15) is 24.5 Å². The van der Waals surface area contributed by atoms with Crippen molar-refractivity contribution in [2.24, 2.45) is 11.8 Å². The third-order valence-corrected chi connectivity index (χ3v) is 4.61. The van der Waals surface area contributed by atoms with Crippen LogP contribution in [0.2, 0.25) is 0 Å². The van der Waals surface area contributed by atoms with Crippen LogP contribution in [0.4, 0.5) is 4.79 Å². The minimum atomic E-state index is -0.837. The van der Waals surface area contributed by atoms with E-state index in [0.717, 1.165) is 11.1 Å². The zero-order valence-electron chi connectivity index (χ0n) is 14.8. The molecule has 1 aliphatic rings. The molecule has 1 aliphatic heterocycles. The van der Waals surface area contributed by atoms with E-state index in [2.05, 4.69) is 10.4 Å². The van der Waals surface area contributed by atoms with Crippen molar-refractivity contribution < 1.29 is 14.7 Å². The fourth-order valence-corrected chi connectivity index (χ4v) is 3.34. The number of benzene rings is 1. The molecule has 7 nitrogen and oxygen atoms in total. The Morgan fingerprint density at radius 1 is 1.23 bits per heavy atom. The molecule has 2 unspecified atom stereocenters. The summed E-state index contributed by atoms with van der Waals surface area (Å²) in [5.41, 5.74) is 2.07. The molecule has 0 saturated carbocycles. The molecular weight excluding hydrogens is 332 g/mol. The number of hydrogen-bond donors (Lipinski definition) is 2. The Labute approximate surface area is 152 Å². The lowest BCUT2D eigenvalue weighted by atomic mass is 9.91. The van der Waals surface area contributed by atoms with E-state index in [4.69, 9.17) is 0 Å². The SMILES string of the molecule is CC1CC(C(=O)O)CN(C(=O)NCc2cnn(Cc3ccccc3)c2)C1. The van der Waals surface area contributed by atoms with Gasteiger partial charge in [-0.15, -0.1) is 0 Å². The first-order valence-corrected chi connectivity index (χ1v) is 8.82. The number of likely N-dealkylation sites (tertiary alicyclic amines) is 1. The largest absolute Gasteiger partial charge is 0.481 e. The second-order valence-corrected chi connectivity index (χ2v) is 6.97. The standard InChI is InChI=1S/C19H24N4O3/c1-14-7-17(18(24)25)13-22(10-14)19(26)20-8-16-9-21-23(12-16)11-15-5-3-2-4-6-15/h2-6,9,12,14,17H,7-8,10-11,13H2,1H3,(H,20,26)(H,24,25). The first-order valence-electron chi connectivity index (χ1n) is 8.82. The predicted molar refractivity (Wildman–Crippen MR) is 96.5 cm³/mol. The lowest BCUT2D eigenvalue weighted by Gasteiger charge is -2.34. The molecule has 2 heterocycles. The van der Waals surface area contributed by atoms with Crippen molar-refractivity contribution >= 4 is 12.0 Å². The summed E-state index contributed by atoms with van der Waals surface area (Å²) in [5.74, 6) is -1.14. The molecular formula is C19H24N4O3. The van der Waals surface area contributed by atoms with Gasteiger partial charge < -0.3 is 15.3 Å². The third kappa shape index (κ3) is 4.62. The van der Waals surface area contributed by atoms with Gasteiger partial charge in [-0.3, -0.25) is 9.48 Å². The summed E-state index contributed by atoms with van der Waals surface area (Å²) in [4.78, 5) is 25.2. The highest BCUT2D eigenvalue weighted by atomic mass is 16.4. The van der Waals surface area contributed by atoms with E-state index in [1.165, 1.54) is 0 Å². The van der Waals surface area contributed by atoms with Gasteiger partial charge in [0.15, 0.2) is 0 Å². The first kappa shape index (κ1) is 18.0. The molecule has 1 fully saturated rings. The molecule has 0 bridgehead atoms. The smallest absolute Gasteiger partial charge is 0.317 e. The molecule has 2 atom stereocenters. The van der Waals surface area contributed by atoms with Gasteiger partial charge in [0.25, 0.3) is 0 Å². The van der Waals surface area contributed by atoms with Crippen molar-refractivity contribution in [2.45, 2.75) is 26.4 Å². The minimum Gasteiger partial charge on any atom is -0.481 e. The quantitative estimate of drug-likeness (QED) is 0.860. The van der Waals surface area contributed by atoms with Crippen molar-refractivity contribution in [3.8, 4) is 0 Å². The number of hydrogen-bond acceptors (Lipinski definition) is 3. The molecule has 26 heavy (non-hydrogen) atoms. The van der Waals surface area contributed by atoms with E-state index in [0.29, 0.717) is 26.1 Å². The molecule has 3 rings (SSSR count). The first-order chi connectivity index (χ1) is 12.5. The van der Waals surface area contributed by atoms with Crippen molar-refractivity contribution in [3.05, 3.63) is 53.9 Å². The van der Waals surface area contributed by atoms with E-state index in [-0.39, 0.29) is 18.5 Å². The third-order valence-electron chi connectivity index (χ3n) is 4.61. The number of aliphatic carboxylic acids is 1. The highest BCUT2D eigenvalue weighted by Gasteiger charge is 2.31. The summed E-state index contributed by atoms with van der Waals surface area (Å²) in [7, 11) is 0. The number of carbonyl (C=O) groups excluding carboxylic acids is 1. The average molecular weight is 356 g/mol. The number of urea groups is 1. The van der Waals surface area contributed by atoms with Crippen LogP contribution in [0, 0.1) is 11.8 Å². The number of aromatic nitrogens is 2. The Hall–Kier alpha value is -2.83. The van der Waals surface area contributed by atoms with Crippen LogP contribution in [0.25, 0.3) is 0 Å². The Kier molecular flexibility index (Phi) is 5.55. The zero-order valence-corrected chi connectivity index (χ0v) is 14.8.